The number of aliphatic hydroxyl groups excluding tert-OH is 1. The number of nitrogens with zero attached hydrogens (tertiary/aromatic N) is 1. The van der Waals surface area contributed by atoms with Crippen LogP contribution in [0.25, 0.3) is 0 Å². The van der Waals surface area contributed by atoms with Gasteiger partial charge in [-0.05, 0) is 48.4 Å². The van der Waals surface area contributed by atoms with Gasteiger partial charge in [0.25, 0.3) is 5.91 Å². The highest BCUT2D eigenvalue weighted by molar-refractivity contribution is 6.30. The third kappa shape index (κ3) is 4.56. The molecule has 2 N–H and O–H groups in total. The second-order valence-electron chi connectivity index (χ2n) is 10.2. The highest BCUT2D eigenvalue weighted by atomic mass is 35.5. The highest BCUT2D eigenvalue weighted by Crippen LogP contribution is 2.49. The fourth-order valence-electron chi connectivity index (χ4n) is 5.69. The fourth-order valence-corrected chi connectivity index (χ4v) is 5.82. The predicted octanol–water partition coefficient (Wildman–Crippen LogP) is 5.54. The minimum absolute atomic E-state index is 0.0136. The molecule has 210 valence electrons. The maximum Gasteiger partial charge on any atom is 0.336 e. The summed E-state index contributed by atoms with van der Waals surface area (Å²) < 4.78 is 43.0. The van der Waals surface area contributed by atoms with Crippen molar-refractivity contribution in [3.8, 4) is 0 Å². The normalized spacial score (nSPS) is 20.9. The van der Waals surface area contributed by atoms with Crippen LogP contribution in [-0.2, 0) is 21.7 Å². The molecule has 1 fully saturated rings. The molecule has 5 rings (SSSR count). The first-order chi connectivity index (χ1) is 19.0. The van der Waals surface area contributed by atoms with E-state index in [2.05, 4.69) is 0 Å². The van der Waals surface area contributed by atoms with Crippen molar-refractivity contribution in [2.24, 2.45) is 0 Å². The zero-order valence-corrected chi connectivity index (χ0v) is 22.7. The molecule has 10 heteroatoms. The van der Waals surface area contributed by atoms with Gasteiger partial charge in [0.15, 0.2) is 5.72 Å². The number of aryl methyl sites for hydroxylation is 1. The van der Waals surface area contributed by atoms with Gasteiger partial charge in [0, 0.05) is 43.8 Å². The van der Waals surface area contributed by atoms with Crippen LogP contribution in [0.4, 0.5) is 8.78 Å². The maximum atomic E-state index is 16.2. The number of carbonyl (C=O) groups excluding carboxylic acids is 1. The standard InChI is InChI=1S/C30H28ClF2NO6/c1-17-3-4-18(22(13-17)28(37)38)16-34-27(36)23-14-19(26(35)29(33)9-11-40-12-10-29)15-24(32)25(23)30(34,39-2)20-5-7-21(31)8-6-20/h3-8,13-15,26,35H,9-12,16H2,1-2H3,(H,37,38)/t26-,30-/m1/s1. The Morgan fingerprint density at radius 1 is 1.15 bits per heavy atom. The van der Waals surface area contributed by atoms with Crippen molar-refractivity contribution >= 4 is 23.5 Å². The molecule has 0 aliphatic carbocycles. The van der Waals surface area contributed by atoms with Crippen molar-refractivity contribution in [2.45, 2.75) is 43.8 Å². The number of amides is 1. The first kappa shape index (κ1) is 28.2. The molecule has 0 spiro atoms. The van der Waals surface area contributed by atoms with Crippen LogP contribution >= 0.6 is 11.6 Å². The van der Waals surface area contributed by atoms with Gasteiger partial charge in [-0.15, -0.1) is 0 Å². The fraction of sp³-hybridized carbons (Fsp3) is 0.333. The Balaban J connectivity index is 1.69. The number of alkyl halides is 1. The van der Waals surface area contributed by atoms with Gasteiger partial charge in [-0.1, -0.05) is 41.4 Å². The van der Waals surface area contributed by atoms with E-state index in [1.165, 1.54) is 24.1 Å². The number of rotatable bonds is 7. The van der Waals surface area contributed by atoms with Gasteiger partial charge in [0.1, 0.15) is 17.6 Å². The zero-order chi connectivity index (χ0) is 28.8. The lowest BCUT2D eigenvalue weighted by Crippen LogP contribution is -2.46. The molecule has 3 aromatic carbocycles. The number of fused-ring (bicyclic) bond motifs is 1. The first-order valence-corrected chi connectivity index (χ1v) is 13.1. The predicted molar refractivity (Wildman–Crippen MR) is 143 cm³/mol. The molecule has 2 aliphatic heterocycles. The molecule has 0 saturated carbocycles. The largest absolute Gasteiger partial charge is 0.478 e. The lowest BCUT2D eigenvalue weighted by atomic mass is 9.84. The van der Waals surface area contributed by atoms with E-state index in [1.807, 2.05) is 0 Å². The second kappa shape index (κ2) is 10.6. The summed E-state index contributed by atoms with van der Waals surface area (Å²) in [6, 6.07) is 13.4. The molecule has 1 amide bonds. The molecular weight excluding hydrogens is 544 g/mol. The van der Waals surface area contributed by atoms with Gasteiger partial charge in [-0.2, -0.15) is 0 Å². The Morgan fingerprint density at radius 2 is 1.82 bits per heavy atom. The van der Waals surface area contributed by atoms with Crippen molar-refractivity contribution in [1.29, 1.82) is 0 Å². The SMILES string of the molecule is CO[C@]1(c2ccc(Cl)cc2)c2c(F)cc([C@@H](O)C3(F)CCOCC3)cc2C(=O)N1Cc1ccc(C)cc1C(=O)O. The molecule has 7 nitrogen and oxygen atoms in total. The number of carbonyl (C=O) groups is 2. The Bertz CT molecular complexity index is 1470. The number of hydrogen-bond acceptors (Lipinski definition) is 5. The minimum Gasteiger partial charge on any atom is -0.478 e. The zero-order valence-electron chi connectivity index (χ0n) is 21.9. The average Bonchev–Trinajstić information content (AvgIpc) is 3.18. The van der Waals surface area contributed by atoms with Crippen LogP contribution in [0.5, 0.6) is 0 Å². The van der Waals surface area contributed by atoms with E-state index in [4.69, 9.17) is 21.1 Å². The summed E-state index contributed by atoms with van der Waals surface area (Å²) >= 11 is 6.11. The van der Waals surface area contributed by atoms with Gasteiger partial charge < -0.3 is 19.7 Å². The summed E-state index contributed by atoms with van der Waals surface area (Å²) in [6.45, 7) is 1.73. The number of carboxylic acids is 1. The van der Waals surface area contributed by atoms with Crippen LogP contribution in [0.2, 0.25) is 5.02 Å². The summed E-state index contributed by atoms with van der Waals surface area (Å²) in [5.74, 6) is -2.73. The number of hydrogen-bond donors (Lipinski definition) is 2. The molecule has 3 aromatic rings. The first-order valence-electron chi connectivity index (χ1n) is 12.8. The average molecular weight is 572 g/mol. The van der Waals surface area contributed by atoms with E-state index in [1.54, 1.807) is 43.3 Å². The number of methoxy groups -OCH3 is 1. The third-order valence-corrected chi connectivity index (χ3v) is 8.04. The smallest absolute Gasteiger partial charge is 0.336 e. The van der Waals surface area contributed by atoms with E-state index in [-0.39, 0.29) is 54.9 Å². The topological polar surface area (TPSA) is 96.3 Å². The lowest BCUT2D eigenvalue weighted by Gasteiger charge is -2.39. The number of aromatic carboxylic acids is 1. The number of carboxylic acid groups (broad SMARTS) is 1. The van der Waals surface area contributed by atoms with Gasteiger partial charge in [0.05, 0.1) is 23.2 Å². The summed E-state index contributed by atoms with van der Waals surface area (Å²) in [5.41, 5.74) is -2.81. The molecule has 40 heavy (non-hydrogen) atoms. The van der Waals surface area contributed by atoms with Gasteiger partial charge >= 0.3 is 5.97 Å². The van der Waals surface area contributed by atoms with Crippen molar-refractivity contribution in [2.75, 3.05) is 20.3 Å². The Kier molecular flexibility index (Phi) is 7.43. The molecule has 1 saturated heterocycles. The molecule has 0 bridgehead atoms. The number of benzene rings is 3. The number of aliphatic hydroxyl groups is 1. The Hall–Kier alpha value is -3.37. The van der Waals surface area contributed by atoms with Gasteiger partial charge in [-0.25, -0.2) is 13.6 Å². The van der Waals surface area contributed by atoms with Crippen molar-refractivity contribution in [3.63, 3.8) is 0 Å². The molecule has 0 aromatic heterocycles. The number of halogens is 3. The van der Waals surface area contributed by atoms with Crippen LogP contribution in [0.3, 0.4) is 0 Å². The van der Waals surface area contributed by atoms with Crippen LogP contribution < -0.4 is 0 Å². The van der Waals surface area contributed by atoms with E-state index >= 15 is 8.78 Å². The second-order valence-corrected chi connectivity index (χ2v) is 10.6. The van der Waals surface area contributed by atoms with E-state index < -0.39 is 35.2 Å². The summed E-state index contributed by atoms with van der Waals surface area (Å²) in [4.78, 5) is 27.4. The monoisotopic (exact) mass is 571 g/mol. The van der Waals surface area contributed by atoms with E-state index in [0.717, 1.165) is 6.07 Å². The van der Waals surface area contributed by atoms with Crippen LogP contribution in [0, 0.1) is 12.7 Å². The molecular formula is C30H28ClF2NO6. The van der Waals surface area contributed by atoms with Crippen LogP contribution in [0.1, 0.15) is 67.5 Å². The van der Waals surface area contributed by atoms with E-state index in [0.29, 0.717) is 21.7 Å². The number of ether oxygens (including phenoxy) is 2. The van der Waals surface area contributed by atoms with Gasteiger partial charge in [0.2, 0.25) is 0 Å². The molecule has 2 heterocycles. The molecule has 2 aliphatic rings. The van der Waals surface area contributed by atoms with Crippen LogP contribution in [-0.4, -0.2) is 53.0 Å². The molecule has 2 atom stereocenters. The highest BCUT2D eigenvalue weighted by Gasteiger charge is 2.54. The van der Waals surface area contributed by atoms with E-state index in [9.17, 15) is 19.8 Å². The summed E-state index contributed by atoms with van der Waals surface area (Å²) in [7, 11) is 1.32. The summed E-state index contributed by atoms with van der Waals surface area (Å²) in [5, 5.41) is 21.2. The van der Waals surface area contributed by atoms with Crippen molar-refractivity contribution < 1.29 is 38.1 Å². The molecule has 0 unspecified atom stereocenters. The summed E-state index contributed by atoms with van der Waals surface area (Å²) in [6.07, 6.45) is -1.85. The molecule has 0 radical (unpaired) electrons. The maximum absolute atomic E-state index is 16.2. The lowest BCUT2D eigenvalue weighted by molar-refractivity contribution is -0.0884. The Labute approximate surface area is 234 Å². The minimum atomic E-state index is -2.05. The van der Waals surface area contributed by atoms with Gasteiger partial charge in [-0.3, -0.25) is 9.69 Å². The van der Waals surface area contributed by atoms with Crippen molar-refractivity contribution in [1.82, 2.24) is 4.90 Å². The van der Waals surface area contributed by atoms with Crippen LogP contribution in [0.15, 0.2) is 54.6 Å². The third-order valence-electron chi connectivity index (χ3n) is 7.79. The van der Waals surface area contributed by atoms with Crippen molar-refractivity contribution in [3.05, 3.63) is 104 Å². The Morgan fingerprint density at radius 3 is 2.45 bits per heavy atom. The quantitative estimate of drug-likeness (QED) is 0.386.